The highest BCUT2D eigenvalue weighted by molar-refractivity contribution is 6.39. The minimum absolute atomic E-state index is 0.346. The van der Waals surface area contributed by atoms with E-state index in [1.54, 1.807) is 6.21 Å². The number of hydrogen-bond donors (Lipinski definition) is 1. The first kappa shape index (κ1) is 11.5. The highest BCUT2D eigenvalue weighted by atomic mass is 35.5. The van der Waals surface area contributed by atoms with Crippen LogP contribution in [-0.4, -0.2) is 12.3 Å². The second-order valence-corrected chi connectivity index (χ2v) is 3.49. The van der Waals surface area contributed by atoms with Crippen LogP contribution in [0.3, 0.4) is 0 Å². The minimum atomic E-state index is 0.346. The first-order valence-electron chi connectivity index (χ1n) is 4.22. The van der Waals surface area contributed by atoms with Crippen LogP contribution in [0.5, 0.6) is 0 Å². The van der Waals surface area contributed by atoms with Crippen molar-refractivity contribution in [2.75, 3.05) is 0 Å². The van der Waals surface area contributed by atoms with E-state index in [4.69, 9.17) is 17.3 Å². The van der Waals surface area contributed by atoms with Crippen LogP contribution in [0.4, 0.5) is 0 Å². The van der Waals surface area contributed by atoms with E-state index in [0.29, 0.717) is 17.0 Å². The zero-order valence-corrected chi connectivity index (χ0v) is 8.67. The van der Waals surface area contributed by atoms with Gasteiger partial charge in [-0.25, -0.2) is 0 Å². The van der Waals surface area contributed by atoms with Gasteiger partial charge in [0.2, 0.25) is 0 Å². The Morgan fingerprint density at radius 3 is 2.50 bits per heavy atom. The van der Waals surface area contributed by atoms with Gasteiger partial charge in [-0.15, -0.1) is 0 Å². The Morgan fingerprint density at radius 1 is 1.58 bits per heavy atom. The molecule has 1 unspecified atom stereocenters. The second kappa shape index (κ2) is 6.06. The molecule has 0 saturated heterocycles. The zero-order chi connectivity index (χ0) is 9.56. The number of halogens is 1. The molecule has 0 heterocycles. The fourth-order valence-corrected chi connectivity index (χ4v) is 1.02. The number of aliphatic imine (C=N–C) groups is 1. The molecule has 0 spiro atoms. The third-order valence-electron chi connectivity index (χ3n) is 1.74. The van der Waals surface area contributed by atoms with E-state index in [9.17, 15) is 0 Å². The molecule has 0 bridgehead atoms. The number of nitrogens with zero attached hydrogens (tertiary/aromatic N) is 1. The van der Waals surface area contributed by atoms with Crippen LogP contribution in [0.25, 0.3) is 0 Å². The Bertz CT molecular complexity index is 173. The molecule has 0 aromatic rings. The Hall–Kier alpha value is -0.500. The van der Waals surface area contributed by atoms with Gasteiger partial charge in [0.1, 0.15) is 0 Å². The van der Waals surface area contributed by atoms with Crippen LogP contribution in [-0.2, 0) is 0 Å². The summed E-state index contributed by atoms with van der Waals surface area (Å²) in [5.41, 5.74) is 5.19. The molecule has 0 aromatic heterocycles. The number of allylic oxidation sites excluding steroid dienone is 1. The Labute approximate surface area is 79.5 Å². The molecule has 0 radical (unpaired) electrons. The normalized spacial score (nSPS) is 15.9. The molecule has 0 rings (SSSR count). The molecule has 0 aliphatic carbocycles. The largest absolute Gasteiger partial charge is 0.403 e. The van der Waals surface area contributed by atoms with Gasteiger partial charge in [0.05, 0.1) is 11.1 Å². The summed E-state index contributed by atoms with van der Waals surface area (Å²) in [6.07, 6.45) is 4.00. The zero-order valence-electron chi connectivity index (χ0n) is 7.92. The first-order valence-corrected chi connectivity index (χ1v) is 4.60. The maximum atomic E-state index is 5.66. The van der Waals surface area contributed by atoms with Crippen LogP contribution in [0.2, 0.25) is 0 Å². The minimum Gasteiger partial charge on any atom is -0.403 e. The van der Waals surface area contributed by atoms with Gasteiger partial charge in [0, 0.05) is 12.4 Å². The van der Waals surface area contributed by atoms with Crippen molar-refractivity contribution in [2.24, 2.45) is 16.6 Å². The van der Waals surface area contributed by atoms with Crippen molar-refractivity contribution >= 4 is 17.8 Å². The van der Waals surface area contributed by atoms with Crippen molar-refractivity contribution in [3.05, 3.63) is 11.2 Å². The van der Waals surface area contributed by atoms with Crippen molar-refractivity contribution < 1.29 is 0 Å². The van der Waals surface area contributed by atoms with E-state index in [1.165, 1.54) is 6.20 Å². The van der Waals surface area contributed by atoms with E-state index >= 15 is 0 Å². The maximum absolute atomic E-state index is 5.66. The molecule has 0 aromatic carbocycles. The lowest BCUT2D eigenvalue weighted by Gasteiger charge is -2.12. The molecule has 70 valence electrons. The molecule has 1 atom stereocenters. The fraction of sp³-hybridized carbons (Fsp3) is 0.667. The smallest absolute Gasteiger partial charge is 0.0738 e. The van der Waals surface area contributed by atoms with Gasteiger partial charge in [-0.1, -0.05) is 32.4 Å². The highest BCUT2D eigenvalue weighted by Crippen LogP contribution is 2.10. The summed E-state index contributed by atoms with van der Waals surface area (Å²) in [4.78, 5) is 4.31. The predicted molar refractivity (Wildman–Crippen MR) is 55.5 cm³/mol. The number of rotatable bonds is 4. The molecule has 0 saturated carbocycles. The standard InChI is InChI=1S/C9H17ClN2/c1-4-9(7(2)3)12-6-8(10)5-11/h5-7,9H,4,11H2,1-3H3/b8-5+,12-6-. The average Bonchev–Trinajstić information content (AvgIpc) is 2.04. The third-order valence-corrected chi connectivity index (χ3v) is 1.96. The number of nitrogens with two attached hydrogens (primary N) is 1. The molecule has 0 aliphatic heterocycles. The Kier molecular flexibility index (Phi) is 5.81. The van der Waals surface area contributed by atoms with E-state index in [0.717, 1.165) is 6.42 Å². The van der Waals surface area contributed by atoms with Gasteiger partial charge >= 0.3 is 0 Å². The van der Waals surface area contributed by atoms with Crippen LogP contribution in [0.15, 0.2) is 16.2 Å². The van der Waals surface area contributed by atoms with Crippen molar-refractivity contribution in [3.63, 3.8) is 0 Å². The molecule has 0 amide bonds. The molecule has 12 heavy (non-hydrogen) atoms. The molecule has 0 fully saturated rings. The van der Waals surface area contributed by atoms with E-state index in [2.05, 4.69) is 25.8 Å². The van der Waals surface area contributed by atoms with Crippen LogP contribution in [0.1, 0.15) is 27.2 Å². The summed E-state index contributed by atoms with van der Waals surface area (Å²) in [5.74, 6) is 0.550. The predicted octanol–water partition coefficient (Wildman–Crippen LogP) is 2.53. The monoisotopic (exact) mass is 188 g/mol. The van der Waals surface area contributed by atoms with Gasteiger partial charge in [-0.05, 0) is 12.3 Å². The van der Waals surface area contributed by atoms with Gasteiger partial charge in [-0.2, -0.15) is 0 Å². The summed E-state index contributed by atoms with van der Waals surface area (Å²) in [5, 5.41) is 0.495. The Balaban J connectivity index is 4.10. The van der Waals surface area contributed by atoms with Crippen molar-refractivity contribution in [3.8, 4) is 0 Å². The third kappa shape index (κ3) is 4.39. The van der Waals surface area contributed by atoms with E-state index < -0.39 is 0 Å². The van der Waals surface area contributed by atoms with Crippen LogP contribution in [0, 0.1) is 5.92 Å². The summed E-state index contributed by atoms with van der Waals surface area (Å²) in [6.45, 7) is 6.40. The van der Waals surface area contributed by atoms with Gasteiger partial charge in [0.15, 0.2) is 0 Å². The summed E-state index contributed by atoms with van der Waals surface area (Å²) in [7, 11) is 0. The van der Waals surface area contributed by atoms with Crippen molar-refractivity contribution in [1.82, 2.24) is 0 Å². The SMILES string of the molecule is CCC(/N=C\C(Cl)=C/N)C(C)C. The molecule has 0 aliphatic rings. The van der Waals surface area contributed by atoms with Crippen LogP contribution >= 0.6 is 11.6 Å². The highest BCUT2D eigenvalue weighted by Gasteiger charge is 2.07. The molecule has 3 heteroatoms. The summed E-state index contributed by atoms with van der Waals surface area (Å²) < 4.78 is 0. The van der Waals surface area contributed by atoms with E-state index in [1.807, 2.05) is 0 Å². The maximum Gasteiger partial charge on any atom is 0.0738 e. The average molecular weight is 189 g/mol. The number of hydrogen-bond acceptors (Lipinski definition) is 2. The lowest BCUT2D eigenvalue weighted by molar-refractivity contribution is 0.485. The molecular formula is C9H17ClN2. The Morgan fingerprint density at radius 2 is 2.17 bits per heavy atom. The van der Waals surface area contributed by atoms with Crippen molar-refractivity contribution in [1.29, 1.82) is 0 Å². The second-order valence-electron chi connectivity index (χ2n) is 3.05. The van der Waals surface area contributed by atoms with Gasteiger partial charge in [-0.3, -0.25) is 4.99 Å². The molecule has 2 N–H and O–H groups in total. The van der Waals surface area contributed by atoms with E-state index in [-0.39, 0.29) is 0 Å². The molecule has 2 nitrogen and oxygen atoms in total. The first-order chi connectivity index (χ1) is 5.61. The lowest BCUT2D eigenvalue weighted by Crippen LogP contribution is -2.11. The fourth-order valence-electron chi connectivity index (χ4n) is 0.959. The van der Waals surface area contributed by atoms with Crippen molar-refractivity contribution in [2.45, 2.75) is 33.2 Å². The van der Waals surface area contributed by atoms with Crippen LogP contribution < -0.4 is 5.73 Å². The van der Waals surface area contributed by atoms with Gasteiger partial charge < -0.3 is 5.73 Å². The summed E-state index contributed by atoms with van der Waals surface area (Å²) >= 11 is 5.66. The topological polar surface area (TPSA) is 38.4 Å². The molecular weight excluding hydrogens is 172 g/mol. The summed E-state index contributed by atoms with van der Waals surface area (Å²) in [6, 6.07) is 0.346. The quantitative estimate of drug-likeness (QED) is 0.677. The van der Waals surface area contributed by atoms with Gasteiger partial charge in [0.25, 0.3) is 0 Å². The lowest BCUT2D eigenvalue weighted by atomic mass is 10.0.